The van der Waals surface area contributed by atoms with Crippen molar-refractivity contribution in [2.45, 2.75) is 26.2 Å². The van der Waals surface area contributed by atoms with E-state index in [0.717, 1.165) is 12.1 Å². The first-order valence-corrected chi connectivity index (χ1v) is 5.04. The van der Waals surface area contributed by atoms with Gasteiger partial charge in [-0.25, -0.2) is 0 Å². The number of fused-ring (bicyclic) bond motifs is 1. The number of nitrogens with zero attached hydrogens (tertiary/aromatic N) is 1. The van der Waals surface area contributed by atoms with Gasteiger partial charge in [0, 0.05) is 7.05 Å². The Kier molecular flexibility index (Phi) is 2.06. The third kappa shape index (κ3) is 1.07. The van der Waals surface area contributed by atoms with Crippen molar-refractivity contribution in [3.8, 4) is 0 Å². The Morgan fingerprint density at radius 2 is 2.14 bits per heavy atom. The van der Waals surface area contributed by atoms with Crippen LogP contribution in [0, 0.1) is 6.92 Å². The monoisotopic (exact) mass is 189 g/mol. The summed E-state index contributed by atoms with van der Waals surface area (Å²) in [6.45, 7) is 4.12. The lowest BCUT2D eigenvalue weighted by Crippen LogP contribution is -2.23. The van der Waals surface area contributed by atoms with Crippen LogP contribution in [0.1, 0.15) is 30.4 Å². The Bertz CT molecular complexity index is 384. The molecule has 0 bridgehead atoms. The fraction of sp³-hybridized carbons (Fsp3) is 0.417. The third-order valence-electron chi connectivity index (χ3n) is 3.02. The molecule has 74 valence electrons. The summed E-state index contributed by atoms with van der Waals surface area (Å²) in [5.74, 6) is 0.312. The van der Waals surface area contributed by atoms with Gasteiger partial charge in [0.1, 0.15) is 0 Å². The Morgan fingerprint density at radius 1 is 1.43 bits per heavy atom. The van der Waals surface area contributed by atoms with Gasteiger partial charge in [-0.15, -0.1) is 0 Å². The lowest BCUT2D eigenvalue weighted by Gasteiger charge is -2.12. The summed E-state index contributed by atoms with van der Waals surface area (Å²) < 4.78 is 0. The lowest BCUT2D eigenvalue weighted by atomic mass is 9.97. The fourth-order valence-electron chi connectivity index (χ4n) is 2.29. The minimum Gasteiger partial charge on any atom is -0.314 e. The molecule has 0 fully saturated rings. The highest BCUT2D eigenvalue weighted by Gasteiger charge is 2.34. The van der Waals surface area contributed by atoms with Gasteiger partial charge in [0.25, 0.3) is 0 Å². The molecular formula is C12H15NO. The van der Waals surface area contributed by atoms with Crippen molar-refractivity contribution >= 4 is 11.6 Å². The average molecular weight is 189 g/mol. The standard InChI is InChI=1S/C12H15NO/c1-4-9-10-7-5-6-8(2)11(10)13(3)12(9)14/h5-7,9H,4H2,1-3H3. The van der Waals surface area contributed by atoms with Crippen LogP contribution in [0.25, 0.3) is 0 Å². The molecule has 0 saturated carbocycles. The maximum absolute atomic E-state index is 11.9. The normalized spacial score (nSPS) is 20.1. The summed E-state index contributed by atoms with van der Waals surface area (Å²) in [7, 11) is 1.86. The predicted octanol–water partition coefficient (Wildman–Crippen LogP) is 2.47. The van der Waals surface area contributed by atoms with E-state index in [0.29, 0.717) is 0 Å². The van der Waals surface area contributed by atoms with E-state index in [2.05, 4.69) is 26.0 Å². The second-order valence-electron chi connectivity index (χ2n) is 3.87. The summed E-state index contributed by atoms with van der Waals surface area (Å²) in [6.07, 6.45) is 0.889. The molecule has 0 aromatic heterocycles. The van der Waals surface area contributed by atoms with E-state index >= 15 is 0 Å². The van der Waals surface area contributed by atoms with Crippen LogP contribution in [0.15, 0.2) is 18.2 Å². The maximum Gasteiger partial charge on any atom is 0.234 e. The van der Waals surface area contributed by atoms with Crippen LogP contribution < -0.4 is 4.90 Å². The smallest absolute Gasteiger partial charge is 0.234 e. The Hall–Kier alpha value is -1.31. The van der Waals surface area contributed by atoms with Gasteiger partial charge < -0.3 is 4.90 Å². The number of carbonyl (C=O) groups excluding carboxylic acids is 1. The lowest BCUT2D eigenvalue weighted by molar-refractivity contribution is -0.119. The molecule has 0 saturated heterocycles. The van der Waals surface area contributed by atoms with E-state index in [9.17, 15) is 4.79 Å². The van der Waals surface area contributed by atoms with Gasteiger partial charge >= 0.3 is 0 Å². The molecule has 0 spiro atoms. The van der Waals surface area contributed by atoms with Crippen LogP contribution >= 0.6 is 0 Å². The molecule has 2 nitrogen and oxygen atoms in total. The summed E-state index contributed by atoms with van der Waals surface area (Å²) in [6, 6.07) is 6.15. The zero-order valence-corrected chi connectivity index (χ0v) is 8.87. The summed E-state index contributed by atoms with van der Waals surface area (Å²) in [4.78, 5) is 13.7. The van der Waals surface area contributed by atoms with E-state index in [4.69, 9.17) is 0 Å². The molecule has 1 atom stereocenters. The van der Waals surface area contributed by atoms with Crippen molar-refractivity contribution in [1.29, 1.82) is 0 Å². The number of hydrogen-bond donors (Lipinski definition) is 0. The zero-order valence-electron chi connectivity index (χ0n) is 8.87. The number of anilines is 1. The number of carbonyl (C=O) groups is 1. The molecule has 1 aromatic rings. The van der Waals surface area contributed by atoms with Crippen LogP contribution in [0.5, 0.6) is 0 Å². The van der Waals surface area contributed by atoms with Crippen molar-refractivity contribution in [2.24, 2.45) is 0 Å². The van der Waals surface area contributed by atoms with Crippen molar-refractivity contribution in [1.82, 2.24) is 0 Å². The number of benzene rings is 1. The highest BCUT2D eigenvalue weighted by atomic mass is 16.2. The van der Waals surface area contributed by atoms with Gasteiger partial charge in [-0.1, -0.05) is 25.1 Å². The largest absolute Gasteiger partial charge is 0.314 e. The maximum atomic E-state index is 11.9. The number of amides is 1. The van der Waals surface area contributed by atoms with Crippen LogP contribution in [-0.4, -0.2) is 13.0 Å². The topological polar surface area (TPSA) is 20.3 Å². The molecule has 14 heavy (non-hydrogen) atoms. The fourth-order valence-corrected chi connectivity index (χ4v) is 2.29. The predicted molar refractivity (Wildman–Crippen MR) is 57.6 cm³/mol. The first kappa shape index (κ1) is 9.25. The number of rotatable bonds is 1. The highest BCUT2D eigenvalue weighted by molar-refractivity contribution is 6.05. The molecule has 2 rings (SSSR count). The molecule has 0 aliphatic carbocycles. The van der Waals surface area contributed by atoms with Crippen LogP contribution in [0.2, 0.25) is 0 Å². The number of para-hydroxylation sites is 1. The first-order chi connectivity index (χ1) is 6.66. The second-order valence-corrected chi connectivity index (χ2v) is 3.87. The third-order valence-corrected chi connectivity index (χ3v) is 3.02. The molecule has 0 radical (unpaired) electrons. The molecule has 1 aliphatic rings. The second kappa shape index (κ2) is 3.12. The molecule has 1 amide bonds. The van der Waals surface area contributed by atoms with Crippen LogP contribution in [0.4, 0.5) is 5.69 Å². The van der Waals surface area contributed by atoms with Gasteiger partial charge in [-0.3, -0.25) is 4.79 Å². The van der Waals surface area contributed by atoms with Gasteiger partial charge in [0.05, 0.1) is 11.6 Å². The molecule has 1 heterocycles. The Labute approximate surface area is 84.5 Å². The SMILES string of the molecule is CCC1C(=O)N(C)c2c(C)cccc21. The van der Waals surface area contributed by atoms with E-state index in [-0.39, 0.29) is 11.8 Å². The summed E-state index contributed by atoms with van der Waals surface area (Å²) in [5.41, 5.74) is 3.50. The highest BCUT2D eigenvalue weighted by Crippen LogP contribution is 2.39. The van der Waals surface area contributed by atoms with E-state index in [1.54, 1.807) is 4.90 Å². The quantitative estimate of drug-likeness (QED) is 0.664. The number of aryl methyl sites for hydroxylation is 1. The zero-order chi connectivity index (χ0) is 10.3. The minimum atomic E-state index is 0.0786. The van der Waals surface area contributed by atoms with Crippen LogP contribution in [-0.2, 0) is 4.79 Å². The molecule has 1 unspecified atom stereocenters. The molecule has 1 aromatic carbocycles. The molecule has 1 aliphatic heterocycles. The van der Waals surface area contributed by atoms with Gasteiger partial charge in [-0.2, -0.15) is 0 Å². The molecule has 2 heteroatoms. The summed E-state index contributed by atoms with van der Waals surface area (Å²) in [5, 5.41) is 0. The van der Waals surface area contributed by atoms with E-state index in [1.807, 2.05) is 13.1 Å². The number of hydrogen-bond acceptors (Lipinski definition) is 1. The van der Waals surface area contributed by atoms with Crippen molar-refractivity contribution in [3.63, 3.8) is 0 Å². The van der Waals surface area contributed by atoms with Gasteiger partial charge in [0.2, 0.25) is 5.91 Å². The van der Waals surface area contributed by atoms with Crippen molar-refractivity contribution in [3.05, 3.63) is 29.3 Å². The van der Waals surface area contributed by atoms with Crippen molar-refractivity contribution in [2.75, 3.05) is 11.9 Å². The van der Waals surface area contributed by atoms with Gasteiger partial charge in [-0.05, 0) is 24.5 Å². The molecular weight excluding hydrogens is 174 g/mol. The number of likely N-dealkylation sites (N-methyl/N-ethyl adjacent to an activating group) is 1. The van der Waals surface area contributed by atoms with E-state index < -0.39 is 0 Å². The van der Waals surface area contributed by atoms with Crippen molar-refractivity contribution < 1.29 is 4.79 Å². The Morgan fingerprint density at radius 3 is 2.79 bits per heavy atom. The minimum absolute atomic E-state index is 0.0786. The molecule has 0 N–H and O–H groups in total. The Balaban J connectivity index is 2.61. The summed E-state index contributed by atoms with van der Waals surface area (Å²) >= 11 is 0. The van der Waals surface area contributed by atoms with E-state index in [1.165, 1.54) is 11.1 Å². The first-order valence-electron chi connectivity index (χ1n) is 5.04. The average Bonchev–Trinajstić information content (AvgIpc) is 2.41. The van der Waals surface area contributed by atoms with Gasteiger partial charge in [0.15, 0.2) is 0 Å². The van der Waals surface area contributed by atoms with Crippen LogP contribution in [0.3, 0.4) is 0 Å².